The second-order valence-electron chi connectivity index (χ2n) is 4.24. The molecule has 2 aliphatic rings. The van der Waals surface area contributed by atoms with E-state index >= 15 is 0 Å². The first-order chi connectivity index (χ1) is 5.67. The molecule has 0 aromatic rings. The molecule has 0 amide bonds. The lowest BCUT2D eigenvalue weighted by atomic mass is 9.59. The van der Waals surface area contributed by atoms with E-state index in [0.717, 1.165) is 19.3 Å². The highest BCUT2D eigenvalue weighted by Crippen LogP contribution is 2.48. The van der Waals surface area contributed by atoms with Crippen LogP contribution in [0.25, 0.3) is 0 Å². The van der Waals surface area contributed by atoms with E-state index in [9.17, 15) is 5.11 Å². The Kier molecular flexibility index (Phi) is 1.77. The Balaban J connectivity index is 2.23. The van der Waals surface area contributed by atoms with Crippen LogP contribution in [0.1, 0.15) is 19.3 Å². The zero-order valence-corrected chi connectivity index (χ0v) is 7.83. The van der Waals surface area contributed by atoms with Crippen molar-refractivity contribution in [3.8, 4) is 0 Å². The number of hydrogen-bond acceptors (Lipinski definition) is 2. The molecule has 1 fully saturated rings. The van der Waals surface area contributed by atoms with Gasteiger partial charge in [0.15, 0.2) is 0 Å². The van der Waals surface area contributed by atoms with Gasteiger partial charge < -0.3 is 5.11 Å². The summed E-state index contributed by atoms with van der Waals surface area (Å²) < 4.78 is 0. The predicted octanol–water partition coefficient (Wildman–Crippen LogP) is 1.02. The van der Waals surface area contributed by atoms with Crippen LogP contribution in [0.4, 0.5) is 0 Å². The third-order valence-electron chi connectivity index (χ3n) is 3.53. The first-order valence-corrected chi connectivity index (χ1v) is 4.70. The van der Waals surface area contributed by atoms with Gasteiger partial charge >= 0.3 is 0 Å². The summed E-state index contributed by atoms with van der Waals surface area (Å²) in [5, 5.41) is 9.60. The fourth-order valence-corrected chi connectivity index (χ4v) is 2.66. The molecule has 2 heteroatoms. The van der Waals surface area contributed by atoms with Gasteiger partial charge in [-0.2, -0.15) is 0 Å². The summed E-state index contributed by atoms with van der Waals surface area (Å²) in [4.78, 5) is 2.25. The Hall–Kier alpha value is -0.340. The van der Waals surface area contributed by atoms with E-state index in [0.29, 0.717) is 5.92 Å². The molecular formula is C10H17NO. The number of allylic oxidation sites excluding steroid dienone is 1. The standard InChI is InChI=1S/C10H17NO/c1-11(2)10-6-4-3-5-8(10)9(12)7-10/h4,6,8-9,12H,3,5,7H2,1-2H3/t8-,9+,10+/m1/s1. The average Bonchev–Trinajstić information content (AvgIpc) is 2.02. The van der Waals surface area contributed by atoms with Crippen LogP contribution in [0.15, 0.2) is 12.2 Å². The number of aliphatic hydroxyl groups excluding tert-OH is 1. The molecule has 1 saturated carbocycles. The molecule has 0 aromatic heterocycles. The van der Waals surface area contributed by atoms with Crippen molar-refractivity contribution in [2.24, 2.45) is 5.92 Å². The van der Waals surface area contributed by atoms with Crippen molar-refractivity contribution in [3.05, 3.63) is 12.2 Å². The molecule has 68 valence electrons. The number of aliphatic hydroxyl groups is 1. The minimum atomic E-state index is -0.0580. The van der Waals surface area contributed by atoms with Crippen LogP contribution in [0.5, 0.6) is 0 Å². The van der Waals surface area contributed by atoms with Crippen molar-refractivity contribution in [1.82, 2.24) is 4.90 Å². The lowest BCUT2D eigenvalue weighted by molar-refractivity contribution is -0.0996. The van der Waals surface area contributed by atoms with Crippen LogP contribution < -0.4 is 0 Å². The van der Waals surface area contributed by atoms with Gasteiger partial charge in [0.2, 0.25) is 0 Å². The number of nitrogens with zero attached hydrogens (tertiary/aromatic N) is 1. The fraction of sp³-hybridized carbons (Fsp3) is 0.800. The molecule has 2 aliphatic carbocycles. The monoisotopic (exact) mass is 167 g/mol. The Morgan fingerprint density at radius 3 is 2.75 bits per heavy atom. The lowest BCUT2D eigenvalue weighted by Crippen LogP contribution is -2.64. The summed E-state index contributed by atoms with van der Waals surface area (Å²) in [5.41, 5.74) is 0.192. The molecule has 0 bridgehead atoms. The summed E-state index contributed by atoms with van der Waals surface area (Å²) >= 11 is 0. The van der Waals surface area contributed by atoms with Gasteiger partial charge in [-0.05, 0) is 33.4 Å². The topological polar surface area (TPSA) is 23.5 Å². The van der Waals surface area contributed by atoms with Gasteiger partial charge in [-0.1, -0.05) is 12.2 Å². The SMILES string of the molecule is CN(C)[C@]12C=CCC[C@@H]1[C@@H](O)C2. The summed E-state index contributed by atoms with van der Waals surface area (Å²) in [6.45, 7) is 0. The maximum atomic E-state index is 9.60. The highest BCUT2D eigenvalue weighted by molar-refractivity contribution is 5.22. The molecule has 0 aliphatic heterocycles. The Morgan fingerprint density at radius 1 is 1.50 bits per heavy atom. The average molecular weight is 167 g/mol. The second-order valence-corrected chi connectivity index (χ2v) is 4.24. The fourth-order valence-electron chi connectivity index (χ4n) is 2.66. The molecule has 0 spiro atoms. The molecule has 1 N–H and O–H groups in total. The molecule has 12 heavy (non-hydrogen) atoms. The van der Waals surface area contributed by atoms with Crippen molar-refractivity contribution in [2.45, 2.75) is 30.9 Å². The first kappa shape index (κ1) is 8.27. The van der Waals surface area contributed by atoms with E-state index < -0.39 is 0 Å². The third kappa shape index (κ3) is 0.882. The summed E-state index contributed by atoms with van der Waals surface area (Å²) in [6.07, 6.45) is 7.68. The van der Waals surface area contributed by atoms with Crippen molar-refractivity contribution in [2.75, 3.05) is 14.1 Å². The van der Waals surface area contributed by atoms with Gasteiger partial charge in [0, 0.05) is 11.5 Å². The van der Waals surface area contributed by atoms with Crippen molar-refractivity contribution in [3.63, 3.8) is 0 Å². The van der Waals surface area contributed by atoms with E-state index in [4.69, 9.17) is 0 Å². The largest absolute Gasteiger partial charge is 0.393 e. The van der Waals surface area contributed by atoms with Gasteiger partial charge in [0.05, 0.1) is 6.10 Å². The Bertz CT molecular complexity index is 212. The molecule has 3 atom stereocenters. The van der Waals surface area contributed by atoms with Crippen molar-refractivity contribution in [1.29, 1.82) is 0 Å². The van der Waals surface area contributed by atoms with Crippen LogP contribution in [0.2, 0.25) is 0 Å². The van der Waals surface area contributed by atoms with Gasteiger partial charge in [0.1, 0.15) is 0 Å². The zero-order valence-electron chi connectivity index (χ0n) is 7.83. The Labute approximate surface area is 73.9 Å². The number of rotatable bonds is 1. The molecule has 0 saturated heterocycles. The maximum Gasteiger partial charge on any atom is 0.0610 e. The maximum absolute atomic E-state index is 9.60. The highest BCUT2D eigenvalue weighted by Gasteiger charge is 2.53. The van der Waals surface area contributed by atoms with E-state index in [-0.39, 0.29) is 11.6 Å². The number of likely N-dealkylation sites (N-methyl/N-ethyl adjacent to an activating group) is 1. The van der Waals surface area contributed by atoms with Gasteiger partial charge in [-0.25, -0.2) is 0 Å². The molecular weight excluding hydrogens is 150 g/mol. The van der Waals surface area contributed by atoms with E-state index in [1.807, 2.05) is 0 Å². The van der Waals surface area contributed by atoms with Crippen molar-refractivity contribution < 1.29 is 5.11 Å². The van der Waals surface area contributed by atoms with Gasteiger partial charge in [-0.3, -0.25) is 4.90 Å². The number of fused-ring (bicyclic) bond motifs is 1. The summed E-state index contributed by atoms with van der Waals surface area (Å²) in [6, 6.07) is 0. The van der Waals surface area contributed by atoms with E-state index in [2.05, 4.69) is 31.1 Å². The first-order valence-electron chi connectivity index (χ1n) is 4.70. The minimum absolute atomic E-state index is 0.0580. The van der Waals surface area contributed by atoms with Crippen LogP contribution in [0.3, 0.4) is 0 Å². The predicted molar refractivity (Wildman–Crippen MR) is 48.9 cm³/mol. The molecule has 0 radical (unpaired) electrons. The summed E-state index contributed by atoms with van der Waals surface area (Å²) in [7, 11) is 4.21. The third-order valence-corrected chi connectivity index (χ3v) is 3.53. The number of hydrogen-bond donors (Lipinski definition) is 1. The highest BCUT2D eigenvalue weighted by atomic mass is 16.3. The molecule has 0 aromatic carbocycles. The van der Waals surface area contributed by atoms with Crippen LogP contribution in [-0.4, -0.2) is 35.7 Å². The zero-order chi connectivity index (χ0) is 8.77. The minimum Gasteiger partial charge on any atom is -0.393 e. The van der Waals surface area contributed by atoms with E-state index in [1.54, 1.807) is 0 Å². The molecule has 2 nitrogen and oxygen atoms in total. The molecule has 0 unspecified atom stereocenters. The lowest BCUT2D eigenvalue weighted by Gasteiger charge is -2.57. The van der Waals surface area contributed by atoms with Crippen LogP contribution >= 0.6 is 0 Å². The Morgan fingerprint density at radius 2 is 2.25 bits per heavy atom. The van der Waals surface area contributed by atoms with Crippen LogP contribution in [-0.2, 0) is 0 Å². The normalized spacial score (nSPS) is 45.7. The van der Waals surface area contributed by atoms with Crippen LogP contribution in [0, 0.1) is 5.92 Å². The van der Waals surface area contributed by atoms with Crippen molar-refractivity contribution >= 4 is 0 Å². The van der Waals surface area contributed by atoms with Gasteiger partial charge in [0.25, 0.3) is 0 Å². The van der Waals surface area contributed by atoms with Gasteiger partial charge in [-0.15, -0.1) is 0 Å². The second kappa shape index (κ2) is 2.57. The molecule has 0 heterocycles. The smallest absolute Gasteiger partial charge is 0.0610 e. The van der Waals surface area contributed by atoms with E-state index in [1.165, 1.54) is 0 Å². The summed E-state index contributed by atoms with van der Waals surface area (Å²) in [5.74, 6) is 0.484. The molecule has 2 rings (SSSR count). The quantitative estimate of drug-likeness (QED) is 0.589.